The van der Waals surface area contributed by atoms with Gasteiger partial charge in [0.25, 0.3) is 5.56 Å². The Hall–Kier alpha value is -3.12. The van der Waals surface area contributed by atoms with Crippen molar-refractivity contribution in [2.45, 2.75) is 33.2 Å². The highest BCUT2D eigenvalue weighted by Gasteiger charge is 2.32. The molecule has 0 bridgehead atoms. The van der Waals surface area contributed by atoms with Gasteiger partial charge in [-0.15, -0.1) is 0 Å². The van der Waals surface area contributed by atoms with Crippen LogP contribution in [-0.2, 0) is 6.42 Å². The fraction of sp³-hybridized carbons (Fsp3) is 0.273. The number of hydrogen-bond donors (Lipinski definition) is 3. The number of rotatable bonds is 2. The van der Waals surface area contributed by atoms with Crippen molar-refractivity contribution in [3.63, 3.8) is 0 Å². The highest BCUT2D eigenvalue weighted by atomic mass is 16.3. The first kappa shape index (κ1) is 18.3. The maximum absolute atomic E-state index is 12.7. The molecule has 0 saturated heterocycles. The van der Waals surface area contributed by atoms with Gasteiger partial charge in [-0.25, -0.2) is 9.36 Å². The lowest BCUT2D eigenvalue weighted by molar-refractivity contribution is -0.690. The molecular weight excluding hydrogens is 354 g/mol. The summed E-state index contributed by atoms with van der Waals surface area (Å²) in [6.07, 6.45) is 0.904. The summed E-state index contributed by atoms with van der Waals surface area (Å²) in [6.45, 7) is 6.59. The smallest absolute Gasteiger partial charge is 0.335 e. The molecule has 3 aromatic rings. The van der Waals surface area contributed by atoms with Crippen LogP contribution in [0.3, 0.4) is 0 Å². The van der Waals surface area contributed by atoms with Gasteiger partial charge in [-0.2, -0.15) is 0 Å². The van der Waals surface area contributed by atoms with Gasteiger partial charge in [0, 0.05) is 12.0 Å². The third-order valence-corrected chi connectivity index (χ3v) is 5.50. The lowest BCUT2D eigenvalue weighted by Gasteiger charge is -2.25. The Bertz CT molecular complexity index is 1170. The molecule has 0 amide bonds. The second-order valence-electron chi connectivity index (χ2n) is 7.53. The molecule has 1 aromatic heterocycles. The molecule has 6 nitrogen and oxygen atoms in total. The first-order valence-corrected chi connectivity index (χ1v) is 9.46. The van der Waals surface area contributed by atoms with Crippen LogP contribution in [0.25, 0.3) is 5.69 Å². The molecule has 4 rings (SSSR count). The van der Waals surface area contributed by atoms with Gasteiger partial charge in [0.2, 0.25) is 5.88 Å². The number of nitrogens with two attached hydrogens (primary N) is 1. The van der Waals surface area contributed by atoms with Crippen LogP contribution in [0.1, 0.15) is 39.4 Å². The van der Waals surface area contributed by atoms with Gasteiger partial charge in [0.15, 0.2) is 0 Å². The summed E-state index contributed by atoms with van der Waals surface area (Å²) in [4.78, 5) is 27.8. The number of benzene rings is 2. The van der Waals surface area contributed by atoms with Gasteiger partial charge in [-0.1, -0.05) is 42.0 Å². The minimum atomic E-state index is -0.634. The number of aromatic amines is 1. The SMILES string of the molecule is Cc1cc(C)c(-n2c(O)c([C@@H]3[NH2+]CCc4ccccc43)c(=O)[nH]c2=O)c(C)c1. The van der Waals surface area contributed by atoms with E-state index in [-0.39, 0.29) is 17.5 Å². The number of quaternary nitrogens is 1. The monoisotopic (exact) mass is 378 g/mol. The van der Waals surface area contributed by atoms with Crippen LogP contribution in [0.5, 0.6) is 5.88 Å². The van der Waals surface area contributed by atoms with Crippen molar-refractivity contribution in [2.24, 2.45) is 0 Å². The summed E-state index contributed by atoms with van der Waals surface area (Å²) in [5.41, 5.74) is 4.60. The van der Waals surface area contributed by atoms with Crippen LogP contribution in [0.15, 0.2) is 46.0 Å². The maximum atomic E-state index is 12.7. The lowest BCUT2D eigenvalue weighted by Crippen LogP contribution is -2.87. The van der Waals surface area contributed by atoms with Gasteiger partial charge in [0.05, 0.1) is 12.2 Å². The second kappa shape index (κ2) is 6.80. The van der Waals surface area contributed by atoms with Gasteiger partial charge >= 0.3 is 5.69 Å². The Kier molecular flexibility index (Phi) is 4.43. The number of nitrogens with zero attached hydrogens (tertiary/aromatic N) is 1. The van der Waals surface area contributed by atoms with Gasteiger partial charge in [0.1, 0.15) is 11.6 Å². The van der Waals surface area contributed by atoms with Gasteiger partial charge in [-0.05, 0) is 37.5 Å². The number of aromatic nitrogens is 2. The number of nitrogens with one attached hydrogen (secondary N) is 1. The molecule has 0 radical (unpaired) electrons. The van der Waals surface area contributed by atoms with Crippen LogP contribution < -0.4 is 16.6 Å². The molecule has 2 aromatic carbocycles. The van der Waals surface area contributed by atoms with Gasteiger partial charge < -0.3 is 10.4 Å². The molecule has 6 heteroatoms. The molecule has 1 atom stereocenters. The molecule has 0 saturated carbocycles. The van der Waals surface area contributed by atoms with E-state index in [4.69, 9.17) is 0 Å². The third kappa shape index (κ3) is 2.86. The van der Waals surface area contributed by atoms with Crippen LogP contribution in [0.4, 0.5) is 0 Å². The number of aryl methyl sites for hydroxylation is 3. The average molecular weight is 378 g/mol. The largest absolute Gasteiger partial charge is 0.494 e. The molecule has 144 valence electrons. The Labute approximate surface area is 162 Å². The normalized spacial score (nSPS) is 16.0. The highest BCUT2D eigenvalue weighted by Crippen LogP contribution is 2.30. The Morgan fingerprint density at radius 1 is 1.11 bits per heavy atom. The predicted octanol–water partition coefficient (Wildman–Crippen LogP) is 1.37. The van der Waals surface area contributed by atoms with Crippen molar-refractivity contribution in [3.8, 4) is 11.6 Å². The first-order chi connectivity index (χ1) is 13.4. The molecule has 28 heavy (non-hydrogen) atoms. The zero-order valence-electron chi connectivity index (χ0n) is 16.2. The van der Waals surface area contributed by atoms with Crippen molar-refractivity contribution in [1.29, 1.82) is 0 Å². The van der Waals surface area contributed by atoms with Crippen molar-refractivity contribution in [1.82, 2.24) is 9.55 Å². The zero-order chi connectivity index (χ0) is 20.0. The number of fused-ring (bicyclic) bond motifs is 1. The standard InChI is InChI=1S/C22H23N3O3/c1-12-10-13(2)19(14(3)11-12)25-21(27)17(20(26)24-22(25)28)18-16-7-5-4-6-15(16)8-9-23-18/h4-7,10-11,18,23,27H,8-9H2,1-3H3,(H,24,26,28)/p+1/t18-/m1/s1. The minimum Gasteiger partial charge on any atom is -0.494 e. The minimum absolute atomic E-state index is 0.214. The lowest BCUT2D eigenvalue weighted by atomic mass is 9.90. The summed E-state index contributed by atoms with van der Waals surface area (Å²) in [7, 11) is 0. The average Bonchev–Trinajstić information content (AvgIpc) is 2.63. The fourth-order valence-corrected chi connectivity index (χ4v) is 4.42. The highest BCUT2D eigenvalue weighted by molar-refractivity contribution is 5.52. The predicted molar refractivity (Wildman–Crippen MR) is 107 cm³/mol. The van der Waals surface area contributed by atoms with E-state index in [1.807, 2.05) is 62.5 Å². The Balaban J connectivity index is 2.00. The number of aromatic hydroxyl groups is 1. The molecule has 1 aliphatic rings. The van der Waals surface area contributed by atoms with Crippen LogP contribution in [-0.4, -0.2) is 21.2 Å². The van der Waals surface area contributed by atoms with Crippen LogP contribution in [0, 0.1) is 20.8 Å². The summed E-state index contributed by atoms with van der Waals surface area (Å²) in [5.74, 6) is -0.290. The number of H-pyrrole nitrogens is 1. The van der Waals surface area contributed by atoms with E-state index in [2.05, 4.69) is 4.98 Å². The Morgan fingerprint density at radius 3 is 2.50 bits per heavy atom. The first-order valence-electron chi connectivity index (χ1n) is 9.46. The van der Waals surface area contributed by atoms with E-state index in [9.17, 15) is 14.7 Å². The van der Waals surface area contributed by atoms with Crippen LogP contribution in [0.2, 0.25) is 0 Å². The maximum Gasteiger partial charge on any atom is 0.335 e. The van der Waals surface area contributed by atoms with E-state index >= 15 is 0 Å². The summed E-state index contributed by atoms with van der Waals surface area (Å²) >= 11 is 0. The quantitative estimate of drug-likeness (QED) is 0.629. The summed E-state index contributed by atoms with van der Waals surface area (Å²) in [6, 6.07) is 11.5. The third-order valence-electron chi connectivity index (χ3n) is 5.50. The van der Waals surface area contributed by atoms with Crippen molar-refractivity contribution < 1.29 is 10.4 Å². The van der Waals surface area contributed by atoms with E-state index < -0.39 is 11.2 Å². The molecule has 1 aliphatic heterocycles. The second-order valence-corrected chi connectivity index (χ2v) is 7.53. The Morgan fingerprint density at radius 2 is 1.79 bits per heavy atom. The van der Waals surface area contributed by atoms with Crippen molar-refractivity contribution in [3.05, 3.63) is 90.6 Å². The fourth-order valence-electron chi connectivity index (χ4n) is 4.42. The molecule has 0 aliphatic carbocycles. The van der Waals surface area contributed by atoms with Crippen LogP contribution >= 0.6 is 0 Å². The van der Waals surface area contributed by atoms with E-state index in [0.717, 1.165) is 40.8 Å². The topological polar surface area (TPSA) is 91.7 Å². The molecule has 2 heterocycles. The number of hydrogen-bond acceptors (Lipinski definition) is 3. The molecule has 0 unspecified atom stereocenters. The molecule has 4 N–H and O–H groups in total. The molecular formula is C22H24N3O3+. The van der Waals surface area contributed by atoms with Crippen molar-refractivity contribution >= 4 is 0 Å². The van der Waals surface area contributed by atoms with Gasteiger partial charge in [-0.3, -0.25) is 9.78 Å². The summed E-state index contributed by atoms with van der Waals surface area (Å²) < 4.78 is 1.23. The van der Waals surface area contributed by atoms with Crippen molar-refractivity contribution in [2.75, 3.05) is 6.54 Å². The zero-order valence-corrected chi connectivity index (χ0v) is 16.2. The molecule has 0 spiro atoms. The molecule has 0 fully saturated rings. The van der Waals surface area contributed by atoms with E-state index in [0.29, 0.717) is 5.69 Å². The van der Waals surface area contributed by atoms with E-state index in [1.165, 1.54) is 4.57 Å². The van der Waals surface area contributed by atoms with E-state index in [1.54, 1.807) is 0 Å². The summed E-state index contributed by atoms with van der Waals surface area (Å²) in [5, 5.41) is 13.2.